The average Bonchev–Trinajstić information content (AvgIpc) is 2.61. The van der Waals surface area contributed by atoms with Crippen LogP contribution in [0.15, 0.2) is 22.4 Å². The highest BCUT2D eigenvalue weighted by atomic mass is 79.9. The predicted octanol–water partition coefficient (Wildman–Crippen LogP) is 6.83. The first-order chi connectivity index (χ1) is 13.1. The molecule has 0 fully saturated rings. The smallest absolute Gasteiger partial charge is 0.367 e. The molecular weight excluding hydrogens is 423 g/mol. The molecule has 0 saturated heterocycles. The van der Waals surface area contributed by atoms with Crippen LogP contribution < -0.4 is 4.74 Å². The zero-order valence-electron chi connectivity index (χ0n) is 17.8. The molecule has 0 saturated carbocycles. The number of halogens is 2. The Balaban J connectivity index is 2.83. The number of hydrogen-bond donors (Lipinski definition) is 0. The maximum atomic E-state index is 14.8. The molecule has 1 aromatic carbocycles. The molecule has 0 bridgehead atoms. The molecule has 0 amide bonds. The number of hydrogen-bond acceptors (Lipinski definition) is 3. The molecule has 28 heavy (non-hydrogen) atoms. The van der Waals surface area contributed by atoms with E-state index in [-0.39, 0.29) is 17.6 Å². The molecule has 0 aliphatic heterocycles. The summed E-state index contributed by atoms with van der Waals surface area (Å²) in [6.07, 6.45) is 3.19. The molecule has 1 aliphatic carbocycles. The van der Waals surface area contributed by atoms with Crippen LogP contribution in [0.3, 0.4) is 0 Å². The van der Waals surface area contributed by atoms with Crippen LogP contribution in [0.1, 0.15) is 71.6 Å². The number of allylic oxidation sites excluding steroid dienone is 3. The highest BCUT2D eigenvalue weighted by Gasteiger charge is 2.34. The van der Waals surface area contributed by atoms with Gasteiger partial charge < -0.3 is 9.47 Å². The van der Waals surface area contributed by atoms with E-state index >= 15 is 0 Å². The van der Waals surface area contributed by atoms with E-state index in [9.17, 15) is 9.18 Å². The lowest BCUT2D eigenvalue weighted by Gasteiger charge is -2.36. The number of fused-ring (bicyclic) bond motifs is 1. The lowest BCUT2D eigenvalue weighted by molar-refractivity contribution is -0.140. The number of esters is 1. The van der Waals surface area contributed by atoms with Gasteiger partial charge in [-0.2, -0.15) is 4.39 Å². The number of ether oxygens (including phenoxy) is 2. The maximum absolute atomic E-state index is 14.8. The summed E-state index contributed by atoms with van der Waals surface area (Å²) in [5, 5.41) is 0. The Kier molecular flexibility index (Phi) is 7.13. The highest BCUT2D eigenvalue weighted by Crippen LogP contribution is 2.50. The van der Waals surface area contributed by atoms with Crippen molar-refractivity contribution >= 4 is 33.0 Å². The third-order valence-electron chi connectivity index (χ3n) is 5.14. The van der Waals surface area contributed by atoms with Crippen molar-refractivity contribution in [2.75, 3.05) is 13.2 Å². The lowest BCUT2D eigenvalue weighted by atomic mass is 9.70. The molecule has 0 atom stereocenters. The zero-order chi connectivity index (χ0) is 21.2. The molecule has 154 valence electrons. The third-order valence-corrected chi connectivity index (χ3v) is 5.90. The van der Waals surface area contributed by atoms with E-state index in [0.717, 1.165) is 22.0 Å². The van der Waals surface area contributed by atoms with Gasteiger partial charge in [-0.15, -0.1) is 0 Å². The van der Waals surface area contributed by atoms with Gasteiger partial charge in [-0.25, -0.2) is 4.79 Å². The first kappa shape index (κ1) is 22.7. The van der Waals surface area contributed by atoms with Gasteiger partial charge in [0.05, 0.1) is 17.7 Å². The summed E-state index contributed by atoms with van der Waals surface area (Å²) < 4.78 is 26.4. The van der Waals surface area contributed by atoms with E-state index in [0.29, 0.717) is 23.8 Å². The highest BCUT2D eigenvalue weighted by molar-refractivity contribution is 9.10. The van der Waals surface area contributed by atoms with E-state index in [1.165, 1.54) is 5.57 Å². The van der Waals surface area contributed by atoms with Crippen molar-refractivity contribution in [1.82, 2.24) is 0 Å². The molecule has 0 aromatic heterocycles. The van der Waals surface area contributed by atoms with Crippen molar-refractivity contribution < 1.29 is 18.7 Å². The minimum Gasteiger partial charge on any atom is -0.492 e. The van der Waals surface area contributed by atoms with Gasteiger partial charge in [-0.05, 0) is 77.2 Å². The monoisotopic (exact) mass is 452 g/mol. The molecule has 0 radical (unpaired) electrons. The van der Waals surface area contributed by atoms with E-state index in [1.807, 2.05) is 13.0 Å². The Morgan fingerprint density at radius 1 is 1.29 bits per heavy atom. The number of carbonyl (C=O) groups is 1. The van der Waals surface area contributed by atoms with Crippen molar-refractivity contribution in [3.05, 3.63) is 39.1 Å². The summed E-state index contributed by atoms with van der Waals surface area (Å²) in [4.78, 5) is 12.0. The SMILES string of the molecule is CCOC(=O)/C(F)=C(/C)c1cc2c(c(Br)c1OCC)C(C)(C)CC=C2C(C)C. The second-order valence-electron chi connectivity index (χ2n) is 7.98. The third kappa shape index (κ3) is 4.19. The van der Waals surface area contributed by atoms with Crippen molar-refractivity contribution in [1.29, 1.82) is 0 Å². The second-order valence-corrected chi connectivity index (χ2v) is 8.78. The summed E-state index contributed by atoms with van der Waals surface area (Å²) >= 11 is 3.74. The normalized spacial score (nSPS) is 16.3. The fraction of sp³-hybridized carbons (Fsp3) is 0.522. The van der Waals surface area contributed by atoms with E-state index < -0.39 is 11.8 Å². The number of carbonyl (C=O) groups excluding carboxylic acids is 1. The van der Waals surface area contributed by atoms with Crippen molar-refractivity contribution in [2.45, 2.75) is 60.3 Å². The molecule has 0 unspecified atom stereocenters. The van der Waals surface area contributed by atoms with E-state index in [4.69, 9.17) is 9.47 Å². The van der Waals surface area contributed by atoms with Crippen LogP contribution in [0.4, 0.5) is 4.39 Å². The van der Waals surface area contributed by atoms with Gasteiger partial charge in [0, 0.05) is 11.1 Å². The zero-order valence-corrected chi connectivity index (χ0v) is 19.4. The lowest BCUT2D eigenvalue weighted by Crippen LogP contribution is -2.24. The fourth-order valence-electron chi connectivity index (χ4n) is 3.68. The largest absolute Gasteiger partial charge is 0.492 e. The molecule has 0 N–H and O–H groups in total. The van der Waals surface area contributed by atoms with Gasteiger partial charge in [-0.1, -0.05) is 33.8 Å². The molecule has 3 nitrogen and oxygen atoms in total. The first-order valence-corrected chi connectivity index (χ1v) is 10.6. The van der Waals surface area contributed by atoms with E-state index in [1.54, 1.807) is 13.8 Å². The van der Waals surface area contributed by atoms with Crippen LogP contribution >= 0.6 is 15.9 Å². The Labute approximate surface area is 176 Å². The van der Waals surface area contributed by atoms with Crippen LogP contribution in [0.2, 0.25) is 0 Å². The van der Waals surface area contributed by atoms with Gasteiger partial charge in [0.25, 0.3) is 0 Å². The van der Waals surface area contributed by atoms with E-state index in [2.05, 4.69) is 49.7 Å². The quantitative estimate of drug-likeness (QED) is 0.350. The van der Waals surface area contributed by atoms with Crippen LogP contribution in [0.25, 0.3) is 11.1 Å². The first-order valence-electron chi connectivity index (χ1n) is 9.80. The van der Waals surface area contributed by atoms with Crippen LogP contribution in [0, 0.1) is 5.92 Å². The fourth-order valence-corrected chi connectivity index (χ4v) is 4.75. The number of rotatable bonds is 6. The summed E-state index contributed by atoms with van der Waals surface area (Å²) in [7, 11) is 0. The molecule has 5 heteroatoms. The van der Waals surface area contributed by atoms with Crippen LogP contribution in [-0.2, 0) is 14.9 Å². The van der Waals surface area contributed by atoms with Gasteiger partial charge in [0.1, 0.15) is 5.75 Å². The Morgan fingerprint density at radius 2 is 1.93 bits per heavy atom. The molecule has 0 spiro atoms. The standard InChI is InChI=1S/C23H30BrFO3/c1-8-27-21-16(14(5)20(25)22(26)28-9-2)12-17-15(13(3)4)10-11-23(6,7)18(17)19(21)24/h10,12-13H,8-9,11H2,1-7H3/b20-14+. The summed E-state index contributed by atoms with van der Waals surface area (Å²) in [5.41, 5.74) is 4.17. The molecule has 1 aliphatic rings. The Hall–Kier alpha value is -1.62. The average molecular weight is 453 g/mol. The van der Waals surface area contributed by atoms with Gasteiger partial charge in [-0.3, -0.25) is 0 Å². The molecule has 0 heterocycles. The van der Waals surface area contributed by atoms with Crippen molar-refractivity contribution in [3.8, 4) is 5.75 Å². The molecule has 1 aromatic rings. The van der Waals surface area contributed by atoms with Gasteiger partial charge in [0.15, 0.2) is 0 Å². The number of benzene rings is 1. The van der Waals surface area contributed by atoms with Gasteiger partial charge >= 0.3 is 5.97 Å². The summed E-state index contributed by atoms with van der Waals surface area (Å²) in [5.74, 6) is -0.945. The van der Waals surface area contributed by atoms with Gasteiger partial charge in [0.2, 0.25) is 5.83 Å². The summed E-state index contributed by atoms with van der Waals surface area (Å²) in [6.45, 7) is 14.4. The van der Waals surface area contributed by atoms with Crippen molar-refractivity contribution in [2.24, 2.45) is 5.92 Å². The Bertz CT molecular complexity index is 835. The second kappa shape index (κ2) is 8.81. The summed E-state index contributed by atoms with van der Waals surface area (Å²) in [6, 6.07) is 1.96. The minimum absolute atomic E-state index is 0.0890. The van der Waals surface area contributed by atoms with Crippen LogP contribution in [0.5, 0.6) is 5.75 Å². The van der Waals surface area contributed by atoms with Crippen molar-refractivity contribution in [3.63, 3.8) is 0 Å². The predicted molar refractivity (Wildman–Crippen MR) is 116 cm³/mol. The molecule has 2 rings (SSSR count). The maximum Gasteiger partial charge on any atom is 0.367 e. The van der Waals surface area contributed by atoms with Crippen LogP contribution in [-0.4, -0.2) is 19.2 Å². The molecular formula is C23H30BrFO3. The topological polar surface area (TPSA) is 35.5 Å². The minimum atomic E-state index is -0.948. The Morgan fingerprint density at radius 3 is 2.46 bits per heavy atom.